The highest BCUT2D eigenvalue weighted by Crippen LogP contribution is 2.32. The Morgan fingerprint density at radius 3 is 2.71 bits per heavy atom. The minimum Gasteiger partial charge on any atom is -0.381 e. The van der Waals surface area contributed by atoms with Crippen molar-refractivity contribution in [3.05, 3.63) is 33.8 Å². The van der Waals surface area contributed by atoms with E-state index >= 15 is 0 Å². The Morgan fingerprint density at radius 1 is 1.43 bits per heavy atom. The molecule has 1 aromatic carbocycles. The molecule has 1 atom stereocenters. The highest BCUT2D eigenvalue weighted by Gasteiger charge is 2.39. The van der Waals surface area contributed by atoms with Crippen molar-refractivity contribution in [3.63, 3.8) is 0 Å². The first-order valence-electron chi connectivity index (χ1n) is 7.02. The van der Waals surface area contributed by atoms with E-state index in [2.05, 4.69) is 5.32 Å². The first kappa shape index (κ1) is 16.6. The average molecular weight is 331 g/mol. The lowest BCUT2D eigenvalue weighted by molar-refractivity contribution is -0.136. The van der Waals surface area contributed by atoms with Crippen LogP contribution >= 0.6 is 23.2 Å². The summed E-state index contributed by atoms with van der Waals surface area (Å²) in [5.41, 5.74) is 6.10. The third-order valence-corrected chi connectivity index (χ3v) is 4.67. The van der Waals surface area contributed by atoms with E-state index in [0.29, 0.717) is 42.6 Å². The van der Waals surface area contributed by atoms with Crippen molar-refractivity contribution in [2.24, 2.45) is 11.1 Å². The molecule has 4 nitrogen and oxygen atoms in total. The van der Waals surface area contributed by atoms with Gasteiger partial charge in [0.05, 0.1) is 11.5 Å². The summed E-state index contributed by atoms with van der Waals surface area (Å²) in [5, 5.41) is 4.19. The van der Waals surface area contributed by atoms with E-state index in [4.69, 9.17) is 33.7 Å². The van der Waals surface area contributed by atoms with Crippen LogP contribution in [0.2, 0.25) is 10.0 Å². The SMILES string of the molecule is CC(NC(=O)C1(CN)CCOCC1)c1cc(Cl)ccc1Cl. The molecule has 3 N–H and O–H groups in total. The van der Waals surface area contributed by atoms with Crippen molar-refractivity contribution in [1.82, 2.24) is 5.32 Å². The Bertz CT molecular complexity index is 516. The normalized spacial score (nSPS) is 19.0. The van der Waals surface area contributed by atoms with Crippen LogP contribution in [0.1, 0.15) is 31.4 Å². The van der Waals surface area contributed by atoms with Gasteiger partial charge in [-0.2, -0.15) is 0 Å². The zero-order valence-corrected chi connectivity index (χ0v) is 13.5. The molecular weight excluding hydrogens is 311 g/mol. The van der Waals surface area contributed by atoms with Crippen LogP contribution < -0.4 is 11.1 Å². The summed E-state index contributed by atoms with van der Waals surface area (Å²) in [4.78, 5) is 12.6. The van der Waals surface area contributed by atoms with Crippen LogP contribution in [0, 0.1) is 5.41 Å². The average Bonchev–Trinajstić information content (AvgIpc) is 2.50. The predicted molar refractivity (Wildman–Crippen MR) is 84.6 cm³/mol. The summed E-state index contributed by atoms with van der Waals surface area (Å²) in [6.07, 6.45) is 1.29. The molecule has 0 saturated carbocycles. The molecule has 0 spiro atoms. The van der Waals surface area contributed by atoms with Crippen LogP contribution in [-0.2, 0) is 9.53 Å². The number of hydrogen-bond donors (Lipinski definition) is 2. The Hall–Kier alpha value is -0.810. The van der Waals surface area contributed by atoms with Crippen molar-refractivity contribution in [3.8, 4) is 0 Å². The fourth-order valence-electron chi connectivity index (χ4n) is 2.56. The fraction of sp³-hybridized carbons (Fsp3) is 0.533. The third-order valence-electron chi connectivity index (χ3n) is 4.09. The van der Waals surface area contributed by atoms with Gasteiger partial charge in [-0.1, -0.05) is 23.2 Å². The zero-order chi connectivity index (χ0) is 15.5. The maximum atomic E-state index is 12.6. The number of benzene rings is 1. The quantitative estimate of drug-likeness (QED) is 0.892. The number of amides is 1. The van der Waals surface area contributed by atoms with Gasteiger partial charge in [0.25, 0.3) is 0 Å². The van der Waals surface area contributed by atoms with Gasteiger partial charge in [-0.3, -0.25) is 4.79 Å². The van der Waals surface area contributed by atoms with E-state index in [-0.39, 0.29) is 11.9 Å². The lowest BCUT2D eigenvalue weighted by Crippen LogP contribution is -2.49. The first-order chi connectivity index (χ1) is 9.98. The Morgan fingerprint density at radius 2 is 2.10 bits per heavy atom. The maximum absolute atomic E-state index is 12.6. The molecule has 1 unspecified atom stereocenters. The second-order valence-corrected chi connectivity index (χ2v) is 6.30. The highest BCUT2D eigenvalue weighted by atomic mass is 35.5. The lowest BCUT2D eigenvalue weighted by Gasteiger charge is -2.35. The standard InChI is InChI=1S/C15H20Cl2N2O2/c1-10(12-8-11(16)2-3-13(12)17)19-14(20)15(9-18)4-6-21-7-5-15/h2-3,8,10H,4-7,9,18H2,1H3,(H,19,20). The smallest absolute Gasteiger partial charge is 0.228 e. The zero-order valence-electron chi connectivity index (χ0n) is 12.0. The van der Waals surface area contributed by atoms with Crippen molar-refractivity contribution in [1.29, 1.82) is 0 Å². The van der Waals surface area contributed by atoms with Gasteiger partial charge in [0.1, 0.15) is 0 Å². The van der Waals surface area contributed by atoms with E-state index in [1.165, 1.54) is 0 Å². The summed E-state index contributed by atoms with van der Waals surface area (Å²) >= 11 is 12.2. The number of ether oxygens (including phenoxy) is 1. The summed E-state index contributed by atoms with van der Waals surface area (Å²) in [6, 6.07) is 5.00. The Labute approximate surface area is 134 Å². The third kappa shape index (κ3) is 3.69. The largest absolute Gasteiger partial charge is 0.381 e. The monoisotopic (exact) mass is 330 g/mol. The first-order valence-corrected chi connectivity index (χ1v) is 7.78. The van der Waals surface area contributed by atoms with Gasteiger partial charge in [0.2, 0.25) is 5.91 Å². The van der Waals surface area contributed by atoms with E-state index in [1.54, 1.807) is 18.2 Å². The summed E-state index contributed by atoms with van der Waals surface area (Å²) in [5.74, 6) is -0.0446. The molecule has 116 valence electrons. The molecule has 0 bridgehead atoms. The molecule has 0 aromatic heterocycles. The molecule has 6 heteroatoms. The number of nitrogens with two attached hydrogens (primary N) is 1. The van der Waals surface area contributed by atoms with Crippen molar-refractivity contribution >= 4 is 29.1 Å². The van der Waals surface area contributed by atoms with Crippen LogP contribution in [0.5, 0.6) is 0 Å². The summed E-state index contributed by atoms with van der Waals surface area (Å²) in [7, 11) is 0. The topological polar surface area (TPSA) is 64.4 Å². The molecule has 1 saturated heterocycles. The van der Waals surface area contributed by atoms with Crippen LogP contribution in [0.25, 0.3) is 0 Å². The summed E-state index contributed by atoms with van der Waals surface area (Å²) < 4.78 is 5.33. The van der Waals surface area contributed by atoms with E-state index in [9.17, 15) is 4.79 Å². The molecule has 0 aliphatic carbocycles. The van der Waals surface area contributed by atoms with Gasteiger partial charge in [-0.25, -0.2) is 0 Å². The molecule has 2 rings (SSSR count). The number of nitrogens with one attached hydrogen (secondary N) is 1. The number of carbonyl (C=O) groups excluding carboxylic acids is 1. The number of rotatable bonds is 4. The second kappa shape index (κ2) is 6.97. The van der Waals surface area contributed by atoms with Crippen molar-refractivity contribution in [2.45, 2.75) is 25.8 Å². The number of carbonyl (C=O) groups is 1. The van der Waals surface area contributed by atoms with Gasteiger partial charge >= 0.3 is 0 Å². The Kier molecular flexibility index (Phi) is 5.49. The van der Waals surface area contributed by atoms with Gasteiger partial charge in [-0.15, -0.1) is 0 Å². The van der Waals surface area contributed by atoms with Crippen LogP contribution in [0.3, 0.4) is 0 Å². The van der Waals surface area contributed by atoms with E-state index < -0.39 is 5.41 Å². The fourth-order valence-corrected chi connectivity index (χ4v) is 3.02. The lowest BCUT2D eigenvalue weighted by atomic mass is 9.79. The molecular formula is C15H20Cl2N2O2. The van der Waals surface area contributed by atoms with Crippen LogP contribution in [0.15, 0.2) is 18.2 Å². The predicted octanol–water partition coefficient (Wildman–Crippen LogP) is 2.93. The minimum atomic E-state index is -0.544. The molecule has 1 aliphatic rings. The van der Waals surface area contributed by atoms with E-state index in [1.807, 2.05) is 6.92 Å². The molecule has 1 fully saturated rings. The van der Waals surface area contributed by atoms with Crippen molar-refractivity contribution < 1.29 is 9.53 Å². The second-order valence-electron chi connectivity index (χ2n) is 5.46. The highest BCUT2D eigenvalue weighted by molar-refractivity contribution is 6.33. The molecule has 1 amide bonds. The summed E-state index contributed by atoms with van der Waals surface area (Å²) in [6.45, 7) is 3.34. The molecule has 21 heavy (non-hydrogen) atoms. The molecule has 1 aliphatic heterocycles. The molecule has 0 radical (unpaired) electrons. The van der Waals surface area contributed by atoms with Crippen molar-refractivity contribution in [2.75, 3.05) is 19.8 Å². The van der Waals surface area contributed by atoms with E-state index in [0.717, 1.165) is 5.56 Å². The number of halogens is 2. The van der Waals surface area contributed by atoms with Gasteiger partial charge in [0.15, 0.2) is 0 Å². The van der Waals surface area contributed by atoms with Crippen LogP contribution in [-0.4, -0.2) is 25.7 Å². The van der Waals surface area contributed by atoms with Gasteiger partial charge < -0.3 is 15.8 Å². The Balaban J connectivity index is 2.12. The molecule has 1 aromatic rings. The van der Waals surface area contributed by atoms with Gasteiger partial charge in [-0.05, 0) is 43.5 Å². The minimum absolute atomic E-state index is 0.0446. The van der Waals surface area contributed by atoms with Crippen LogP contribution in [0.4, 0.5) is 0 Å². The maximum Gasteiger partial charge on any atom is 0.228 e. The van der Waals surface area contributed by atoms with Gasteiger partial charge in [0, 0.05) is 29.8 Å². The molecule has 1 heterocycles. The number of hydrogen-bond acceptors (Lipinski definition) is 3.